The van der Waals surface area contributed by atoms with Crippen molar-refractivity contribution >= 4 is 50.7 Å². The fraction of sp³-hybridized carbons (Fsp3) is 0.176. The monoisotopic (exact) mass is 392 g/mol. The number of para-hydroxylation sites is 1. The van der Waals surface area contributed by atoms with Crippen LogP contribution >= 0.6 is 27.5 Å². The van der Waals surface area contributed by atoms with Gasteiger partial charge in [0.1, 0.15) is 0 Å². The van der Waals surface area contributed by atoms with E-state index in [-0.39, 0.29) is 24.2 Å². The topological polar surface area (TPSA) is 49.4 Å². The number of rotatable bonds is 3. The molecule has 1 aliphatic heterocycles. The van der Waals surface area contributed by atoms with Crippen LogP contribution in [0.15, 0.2) is 53.0 Å². The molecule has 1 unspecified atom stereocenters. The first-order valence-corrected chi connectivity index (χ1v) is 8.33. The van der Waals surface area contributed by atoms with Crippen molar-refractivity contribution in [2.45, 2.75) is 6.42 Å². The first kappa shape index (κ1) is 16.0. The van der Waals surface area contributed by atoms with Crippen LogP contribution in [0.1, 0.15) is 6.42 Å². The summed E-state index contributed by atoms with van der Waals surface area (Å²) in [6, 6.07) is 14.5. The van der Waals surface area contributed by atoms with Gasteiger partial charge in [-0.1, -0.05) is 29.8 Å². The molecule has 0 radical (unpaired) electrons. The number of hydrogen-bond donors (Lipinski definition) is 1. The number of halogens is 2. The van der Waals surface area contributed by atoms with Gasteiger partial charge >= 0.3 is 0 Å². The summed E-state index contributed by atoms with van der Waals surface area (Å²) < 4.78 is 0.810. The summed E-state index contributed by atoms with van der Waals surface area (Å²) in [7, 11) is 0. The molecule has 118 valence electrons. The molecule has 4 nitrogen and oxygen atoms in total. The van der Waals surface area contributed by atoms with E-state index in [2.05, 4.69) is 21.2 Å². The van der Waals surface area contributed by atoms with E-state index >= 15 is 0 Å². The Morgan fingerprint density at radius 1 is 1.22 bits per heavy atom. The minimum absolute atomic E-state index is 0.0699. The van der Waals surface area contributed by atoms with Crippen molar-refractivity contribution in [3.8, 4) is 0 Å². The second-order valence-corrected chi connectivity index (χ2v) is 6.65. The molecule has 3 rings (SSSR count). The lowest BCUT2D eigenvalue weighted by molar-refractivity contribution is -0.122. The van der Waals surface area contributed by atoms with E-state index in [1.165, 1.54) is 0 Å². The molecule has 1 fully saturated rings. The summed E-state index contributed by atoms with van der Waals surface area (Å²) in [5.41, 5.74) is 1.42. The van der Waals surface area contributed by atoms with Gasteiger partial charge in [-0.15, -0.1) is 0 Å². The standard InChI is InChI=1S/C17H14BrClN2O2/c18-14-6-1-2-7-15(14)20-17(23)11-8-16(22)21(10-11)13-5-3-4-12(19)9-13/h1-7,9,11H,8,10H2,(H,20,23). The van der Waals surface area contributed by atoms with Crippen LogP contribution in [0.25, 0.3) is 0 Å². The highest BCUT2D eigenvalue weighted by Crippen LogP contribution is 2.29. The number of benzene rings is 2. The summed E-state index contributed by atoms with van der Waals surface area (Å²) in [6.45, 7) is 0.357. The highest BCUT2D eigenvalue weighted by atomic mass is 79.9. The zero-order valence-electron chi connectivity index (χ0n) is 12.1. The SMILES string of the molecule is O=C(Nc1ccccc1Br)C1CC(=O)N(c2cccc(Cl)c2)C1. The average Bonchev–Trinajstić information content (AvgIpc) is 2.92. The lowest BCUT2D eigenvalue weighted by Gasteiger charge is -2.17. The van der Waals surface area contributed by atoms with E-state index in [0.29, 0.717) is 17.3 Å². The van der Waals surface area contributed by atoms with Crippen molar-refractivity contribution in [3.05, 3.63) is 58.0 Å². The van der Waals surface area contributed by atoms with Gasteiger partial charge in [0.2, 0.25) is 11.8 Å². The van der Waals surface area contributed by atoms with Crippen molar-refractivity contribution < 1.29 is 9.59 Å². The molecule has 1 saturated heterocycles. The highest BCUT2D eigenvalue weighted by molar-refractivity contribution is 9.10. The summed E-state index contributed by atoms with van der Waals surface area (Å²) in [4.78, 5) is 26.2. The van der Waals surface area contributed by atoms with Crippen LogP contribution in [-0.4, -0.2) is 18.4 Å². The van der Waals surface area contributed by atoms with Crippen LogP contribution in [0.4, 0.5) is 11.4 Å². The Balaban J connectivity index is 1.72. The molecule has 1 heterocycles. The molecule has 0 bridgehead atoms. The molecule has 0 aliphatic carbocycles. The predicted molar refractivity (Wildman–Crippen MR) is 94.7 cm³/mol. The maximum Gasteiger partial charge on any atom is 0.229 e. The molecule has 1 aliphatic rings. The second kappa shape index (κ2) is 6.72. The summed E-state index contributed by atoms with van der Waals surface area (Å²) in [5.74, 6) is -0.608. The van der Waals surface area contributed by atoms with E-state index < -0.39 is 0 Å². The molecule has 0 aromatic heterocycles. The molecule has 1 atom stereocenters. The zero-order valence-corrected chi connectivity index (χ0v) is 14.5. The number of nitrogens with zero attached hydrogens (tertiary/aromatic N) is 1. The fourth-order valence-electron chi connectivity index (χ4n) is 2.57. The third-order valence-corrected chi connectivity index (χ3v) is 4.67. The lowest BCUT2D eigenvalue weighted by atomic mass is 10.1. The van der Waals surface area contributed by atoms with Gasteiger partial charge in [-0.2, -0.15) is 0 Å². The van der Waals surface area contributed by atoms with Crippen molar-refractivity contribution in [3.63, 3.8) is 0 Å². The molecule has 1 N–H and O–H groups in total. The molecular formula is C17H14BrClN2O2. The van der Waals surface area contributed by atoms with Gasteiger partial charge in [-0.3, -0.25) is 9.59 Å². The van der Waals surface area contributed by atoms with Crippen LogP contribution in [0.3, 0.4) is 0 Å². The maximum absolute atomic E-state index is 12.4. The smallest absolute Gasteiger partial charge is 0.229 e. The van der Waals surface area contributed by atoms with Gasteiger partial charge < -0.3 is 10.2 Å². The lowest BCUT2D eigenvalue weighted by Crippen LogP contribution is -2.28. The van der Waals surface area contributed by atoms with E-state index in [1.807, 2.05) is 30.3 Å². The first-order valence-electron chi connectivity index (χ1n) is 7.16. The van der Waals surface area contributed by atoms with Crippen molar-refractivity contribution in [1.29, 1.82) is 0 Å². The van der Waals surface area contributed by atoms with E-state index in [1.54, 1.807) is 23.1 Å². The Morgan fingerprint density at radius 2 is 2.00 bits per heavy atom. The zero-order chi connectivity index (χ0) is 16.4. The molecule has 2 aromatic carbocycles. The Labute approximate surface area is 147 Å². The molecule has 0 spiro atoms. The van der Waals surface area contributed by atoms with E-state index in [0.717, 1.165) is 10.2 Å². The maximum atomic E-state index is 12.4. The Bertz CT molecular complexity index is 766. The molecule has 6 heteroatoms. The van der Waals surface area contributed by atoms with E-state index in [4.69, 9.17) is 11.6 Å². The Morgan fingerprint density at radius 3 is 2.74 bits per heavy atom. The summed E-state index contributed by atoms with van der Waals surface area (Å²) in [5, 5.41) is 3.43. The van der Waals surface area contributed by atoms with Gasteiger partial charge in [0.15, 0.2) is 0 Å². The van der Waals surface area contributed by atoms with Crippen LogP contribution in [0, 0.1) is 5.92 Å². The largest absolute Gasteiger partial charge is 0.325 e. The first-order chi connectivity index (χ1) is 11.0. The van der Waals surface area contributed by atoms with Crippen molar-refractivity contribution in [1.82, 2.24) is 0 Å². The molecule has 0 saturated carbocycles. The average molecular weight is 394 g/mol. The van der Waals surface area contributed by atoms with Gasteiger partial charge in [0.25, 0.3) is 0 Å². The summed E-state index contributed by atoms with van der Waals surface area (Å²) >= 11 is 9.37. The van der Waals surface area contributed by atoms with Crippen LogP contribution < -0.4 is 10.2 Å². The Kier molecular flexibility index (Phi) is 4.68. The highest BCUT2D eigenvalue weighted by Gasteiger charge is 2.35. The van der Waals surface area contributed by atoms with E-state index in [9.17, 15) is 9.59 Å². The number of anilines is 2. The number of nitrogens with one attached hydrogen (secondary N) is 1. The van der Waals surface area contributed by atoms with Gasteiger partial charge in [-0.25, -0.2) is 0 Å². The molecule has 23 heavy (non-hydrogen) atoms. The number of carbonyl (C=O) groups excluding carboxylic acids is 2. The number of hydrogen-bond acceptors (Lipinski definition) is 2. The Hall–Kier alpha value is -1.85. The van der Waals surface area contributed by atoms with Crippen LogP contribution in [0.2, 0.25) is 5.02 Å². The molecule has 2 amide bonds. The van der Waals surface area contributed by atoms with Crippen molar-refractivity contribution in [2.75, 3.05) is 16.8 Å². The quantitative estimate of drug-likeness (QED) is 0.854. The number of carbonyl (C=O) groups is 2. The van der Waals surface area contributed by atoms with Crippen LogP contribution in [-0.2, 0) is 9.59 Å². The van der Waals surface area contributed by atoms with Gasteiger partial charge in [0, 0.05) is 28.1 Å². The van der Waals surface area contributed by atoms with Gasteiger partial charge in [0.05, 0.1) is 11.6 Å². The number of amides is 2. The minimum atomic E-state index is -0.381. The second-order valence-electron chi connectivity index (χ2n) is 5.35. The third kappa shape index (κ3) is 3.57. The van der Waals surface area contributed by atoms with Gasteiger partial charge in [-0.05, 0) is 46.3 Å². The predicted octanol–water partition coefficient (Wildman–Crippen LogP) is 4.09. The molecular weight excluding hydrogens is 380 g/mol. The normalized spacial score (nSPS) is 17.4. The summed E-state index contributed by atoms with van der Waals surface area (Å²) in [6.07, 6.45) is 0.197. The van der Waals surface area contributed by atoms with Crippen LogP contribution in [0.5, 0.6) is 0 Å². The third-order valence-electron chi connectivity index (χ3n) is 3.75. The fourth-order valence-corrected chi connectivity index (χ4v) is 3.14. The van der Waals surface area contributed by atoms with Crippen molar-refractivity contribution in [2.24, 2.45) is 5.92 Å². The molecule has 2 aromatic rings. The minimum Gasteiger partial charge on any atom is -0.325 e.